The lowest BCUT2D eigenvalue weighted by molar-refractivity contribution is 0.0697. The lowest BCUT2D eigenvalue weighted by atomic mass is 10.2. The molecule has 2 amide bonds. The van der Waals surface area contributed by atoms with Gasteiger partial charge in [-0.3, -0.25) is 0 Å². The summed E-state index contributed by atoms with van der Waals surface area (Å²) in [5, 5.41) is 20.3. The molecule has 6 heteroatoms. The van der Waals surface area contributed by atoms with Crippen LogP contribution >= 0.6 is 0 Å². The van der Waals surface area contributed by atoms with Crippen LogP contribution in [0.15, 0.2) is 24.3 Å². The van der Waals surface area contributed by atoms with Gasteiger partial charge in [0.25, 0.3) is 0 Å². The van der Waals surface area contributed by atoms with Gasteiger partial charge in [0.15, 0.2) is 0 Å². The number of hydrogen-bond donors (Lipinski definition) is 2. The quantitative estimate of drug-likeness (QED) is 0.862. The van der Waals surface area contributed by atoms with Crippen LogP contribution in [0, 0.1) is 17.2 Å². The van der Waals surface area contributed by atoms with Gasteiger partial charge in [0.1, 0.15) is 0 Å². The first kappa shape index (κ1) is 15.5. The molecule has 2 N–H and O–H groups in total. The van der Waals surface area contributed by atoms with Gasteiger partial charge in [-0.05, 0) is 32.0 Å². The summed E-state index contributed by atoms with van der Waals surface area (Å²) < 4.78 is 0. The van der Waals surface area contributed by atoms with Crippen molar-refractivity contribution in [1.82, 2.24) is 4.90 Å². The Labute approximate surface area is 117 Å². The number of amides is 2. The minimum atomic E-state index is -1.05. The van der Waals surface area contributed by atoms with Crippen LogP contribution in [0.3, 0.4) is 0 Å². The predicted molar refractivity (Wildman–Crippen MR) is 74.4 cm³/mol. The van der Waals surface area contributed by atoms with Crippen molar-refractivity contribution in [2.75, 3.05) is 18.4 Å². The summed E-state index contributed by atoms with van der Waals surface area (Å²) in [6, 6.07) is 7.75. The summed E-state index contributed by atoms with van der Waals surface area (Å²) in [4.78, 5) is 24.4. The number of carbonyl (C=O) groups excluding carboxylic acids is 1. The fourth-order valence-electron chi connectivity index (χ4n) is 1.66. The molecule has 1 aromatic rings. The number of carboxylic acids is 1. The zero-order valence-electron chi connectivity index (χ0n) is 11.5. The molecule has 20 heavy (non-hydrogen) atoms. The summed E-state index contributed by atoms with van der Waals surface area (Å²) in [6.07, 6.45) is 0. The summed E-state index contributed by atoms with van der Waals surface area (Å²) in [6.45, 7) is 4.35. The van der Waals surface area contributed by atoms with E-state index in [4.69, 9.17) is 10.4 Å². The van der Waals surface area contributed by atoms with Crippen LogP contribution in [0.2, 0.25) is 0 Å². The predicted octanol–water partition coefficient (Wildman–Crippen LogP) is 2.40. The Bertz CT molecular complexity index is 537. The van der Waals surface area contributed by atoms with Gasteiger partial charge in [-0.1, -0.05) is 6.07 Å². The van der Waals surface area contributed by atoms with Gasteiger partial charge in [-0.15, -0.1) is 0 Å². The summed E-state index contributed by atoms with van der Waals surface area (Å²) in [5.41, 5.74) is 0.522. The van der Waals surface area contributed by atoms with Crippen LogP contribution < -0.4 is 5.32 Å². The first-order valence-electron chi connectivity index (χ1n) is 6.26. The Balaban J connectivity index is 2.76. The van der Waals surface area contributed by atoms with E-state index in [1.165, 1.54) is 17.0 Å². The van der Waals surface area contributed by atoms with Crippen molar-refractivity contribution in [1.29, 1.82) is 5.26 Å². The van der Waals surface area contributed by atoms with Crippen molar-refractivity contribution in [2.24, 2.45) is 5.92 Å². The molecule has 6 nitrogen and oxygen atoms in total. The van der Waals surface area contributed by atoms with E-state index in [1.54, 1.807) is 19.1 Å². The number of benzene rings is 1. The Morgan fingerprint density at radius 2 is 2.20 bits per heavy atom. The van der Waals surface area contributed by atoms with E-state index in [1.807, 2.05) is 6.92 Å². The Kier molecular flexibility index (Phi) is 5.54. The Morgan fingerprint density at radius 1 is 1.50 bits per heavy atom. The normalized spacial score (nSPS) is 11.2. The van der Waals surface area contributed by atoms with E-state index >= 15 is 0 Å². The SMILES string of the molecule is CCN(CC(C)C#N)C(=O)Nc1cccc(C(=O)O)c1. The smallest absolute Gasteiger partial charge is 0.335 e. The van der Waals surface area contributed by atoms with Crippen molar-refractivity contribution in [3.05, 3.63) is 29.8 Å². The maximum Gasteiger partial charge on any atom is 0.335 e. The molecule has 0 aliphatic rings. The third kappa shape index (κ3) is 4.28. The molecule has 0 saturated heterocycles. The first-order valence-corrected chi connectivity index (χ1v) is 6.26. The van der Waals surface area contributed by atoms with Gasteiger partial charge in [-0.2, -0.15) is 5.26 Å². The molecule has 0 bridgehead atoms. The Hall–Kier alpha value is -2.55. The van der Waals surface area contributed by atoms with Crippen LogP contribution in [0.4, 0.5) is 10.5 Å². The molecule has 1 unspecified atom stereocenters. The number of rotatable bonds is 5. The molecule has 0 fully saturated rings. The molecule has 0 spiro atoms. The van der Waals surface area contributed by atoms with Crippen LogP contribution in [-0.2, 0) is 0 Å². The number of nitrogens with one attached hydrogen (secondary N) is 1. The average Bonchev–Trinajstić information content (AvgIpc) is 2.44. The van der Waals surface area contributed by atoms with E-state index < -0.39 is 5.97 Å². The van der Waals surface area contributed by atoms with E-state index in [0.717, 1.165) is 0 Å². The van der Waals surface area contributed by atoms with Crippen molar-refractivity contribution < 1.29 is 14.7 Å². The van der Waals surface area contributed by atoms with Crippen molar-refractivity contribution in [2.45, 2.75) is 13.8 Å². The lowest BCUT2D eigenvalue weighted by Crippen LogP contribution is -2.37. The lowest BCUT2D eigenvalue weighted by Gasteiger charge is -2.22. The molecule has 1 rings (SSSR count). The monoisotopic (exact) mass is 275 g/mol. The second-order valence-corrected chi connectivity index (χ2v) is 4.38. The van der Waals surface area contributed by atoms with Gasteiger partial charge in [-0.25, -0.2) is 9.59 Å². The van der Waals surface area contributed by atoms with Gasteiger partial charge >= 0.3 is 12.0 Å². The van der Waals surface area contributed by atoms with Crippen LogP contribution in [0.25, 0.3) is 0 Å². The summed E-state index contributed by atoms with van der Waals surface area (Å²) in [5.74, 6) is -1.31. The first-order chi connectivity index (χ1) is 9.47. The van der Waals surface area contributed by atoms with E-state index in [2.05, 4.69) is 11.4 Å². The van der Waals surface area contributed by atoms with Crippen molar-refractivity contribution in [3.8, 4) is 6.07 Å². The number of nitriles is 1. The minimum Gasteiger partial charge on any atom is -0.478 e. The molecule has 1 atom stereocenters. The third-order valence-corrected chi connectivity index (χ3v) is 2.74. The van der Waals surface area contributed by atoms with Gasteiger partial charge in [0.05, 0.1) is 17.6 Å². The van der Waals surface area contributed by atoms with Gasteiger partial charge in [0.2, 0.25) is 0 Å². The highest BCUT2D eigenvalue weighted by atomic mass is 16.4. The van der Waals surface area contributed by atoms with E-state index in [0.29, 0.717) is 18.8 Å². The van der Waals surface area contributed by atoms with Crippen LogP contribution in [-0.4, -0.2) is 35.1 Å². The number of urea groups is 1. The van der Waals surface area contributed by atoms with Gasteiger partial charge < -0.3 is 15.3 Å². The maximum absolute atomic E-state index is 12.0. The summed E-state index contributed by atoms with van der Waals surface area (Å²) in [7, 11) is 0. The second-order valence-electron chi connectivity index (χ2n) is 4.38. The highest BCUT2D eigenvalue weighted by Crippen LogP contribution is 2.12. The standard InChI is InChI=1S/C14H17N3O3/c1-3-17(9-10(2)8-15)14(20)16-12-6-4-5-11(7-12)13(18)19/h4-7,10H,3,9H2,1-2H3,(H,16,20)(H,18,19). The number of aromatic carboxylic acids is 1. The van der Waals surface area contributed by atoms with Gasteiger partial charge in [0, 0.05) is 18.8 Å². The Morgan fingerprint density at radius 3 is 2.75 bits per heavy atom. The van der Waals surface area contributed by atoms with Crippen molar-refractivity contribution >= 4 is 17.7 Å². The number of nitrogens with zero attached hydrogens (tertiary/aromatic N) is 2. The molecule has 0 heterocycles. The zero-order chi connectivity index (χ0) is 15.1. The van der Waals surface area contributed by atoms with E-state index in [9.17, 15) is 9.59 Å². The number of hydrogen-bond acceptors (Lipinski definition) is 3. The number of carbonyl (C=O) groups is 2. The molecule has 0 aliphatic heterocycles. The molecule has 0 radical (unpaired) electrons. The maximum atomic E-state index is 12.0. The molecular weight excluding hydrogens is 258 g/mol. The molecule has 0 saturated carbocycles. The molecule has 106 valence electrons. The van der Waals surface area contributed by atoms with Crippen LogP contribution in [0.5, 0.6) is 0 Å². The minimum absolute atomic E-state index is 0.108. The highest BCUT2D eigenvalue weighted by molar-refractivity contribution is 5.93. The zero-order valence-corrected chi connectivity index (χ0v) is 11.5. The fourth-order valence-corrected chi connectivity index (χ4v) is 1.66. The van der Waals surface area contributed by atoms with Crippen LogP contribution in [0.1, 0.15) is 24.2 Å². The van der Waals surface area contributed by atoms with Crippen molar-refractivity contribution in [3.63, 3.8) is 0 Å². The highest BCUT2D eigenvalue weighted by Gasteiger charge is 2.15. The van der Waals surface area contributed by atoms with E-state index in [-0.39, 0.29) is 17.5 Å². The average molecular weight is 275 g/mol. The fraction of sp³-hybridized carbons (Fsp3) is 0.357. The molecule has 0 aliphatic carbocycles. The topological polar surface area (TPSA) is 93.4 Å². The molecule has 0 aromatic heterocycles. The molecule has 1 aromatic carbocycles. The number of carboxylic acid groups (broad SMARTS) is 1. The second kappa shape index (κ2) is 7.14. The largest absolute Gasteiger partial charge is 0.478 e. The molecular formula is C14H17N3O3. The third-order valence-electron chi connectivity index (χ3n) is 2.74. The number of anilines is 1. The summed E-state index contributed by atoms with van der Waals surface area (Å²) >= 11 is 0.